The van der Waals surface area contributed by atoms with Crippen LogP contribution in [0.15, 0.2) is 23.8 Å². The van der Waals surface area contributed by atoms with Crippen LogP contribution in [-0.2, 0) is 14.4 Å². The zero-order valence-electron chi connectivity index (χ0n) is 14.6. The highest BCUT2D eigenvalue weighted by Gasteiger charge is 2.68. The molecule has 4 aliphatic carbocycles. The monoisotopic (exact) mass is 344 g/mol. The van der Waals surface area contributed by atoms with E-state index >= 15 is 0 Å². The van der Waals surface area contributed by atoms with E-state index in [0.717, 1.165) is 18.4 Å². The Morgan fingerprint density at radius 3 is 2.64 bits per heavy atom. The lowest BCUT2D eigenvalue weighted by Gasteiger charge is -2.56. The summed E-state index contributed by atoms with van der Waals surface area (Å²) in [6.07, 6.45) is 7.54. The molecule has 0 aromatic rings. The summed E-state index contributed by atoms with van der Waals surface area (Å²) in [6.45, 7) is 3.80. The molecule has 6 unspecified atom stereocenters. The Bertz CT molecular complexity index is 749. The first-order valence-electron chi connectivity index (χ1n) is 9.06. The van der Waals surface area contributed by atoms with Crippen LogP contribution in [0.1, 0.15) is 46.0 Å². The van der Waals surface area contributed by atoms with E-state index in [1.807, 2.05) is 13.0 Å². The van der Waals surface area contributed by atoms with Gasteiger partial charge in [0.25, 0.3) is 0 Å². The molecule has 5 heteroatoms. The van der Waals surface area contributed by atoms with Crippen molar-refractivity contribution < 1.29 is 24.6 Å². The van der Waals surface area contributed by atoms with Crippen molar-refractivity contribution in [2.24, 2.45) is 28.6 Å². The van der Waals surface area contributed by atoms with Crippen LogP contribution < -0.4 is 0 Å². The third kappa shape index (κ3) is 1.90. The van der Waals surface area contributed by atoms with Gasteiger partial charge in [-0.25, -0.2) is 4.79 Å². The summed E-state index contributed by atoms with van der Waals surface area (Å²) in [4.78, 5) is 36.7. The van der Waals surface area contributed by atoms with Crippen LogP contribution in [0.25, 0.3) is 0 Å². The summed E-state index contributed by atoms with van der Waals surface area (Å²) in [5.74, 6) is -1.38. The van der Waals surface area contributed by atoms with Crippen LogP contribution >= 0.6 is 0 Å². The molecule has 0 heterocycles. The summed E-state index contributed by atoms with van der Waals surface area (Å²) in [6, 6.07) is 0. The number of carboxylic acid groups (broad SMARTS) is 1. The molecule has 0 aliphatic heterocycles. The highest BCUT2D eigenvalue weighted by Crippen LogP contribution is 2.65. The van der Waals surface area contributed by atoms with E-state index in [2.05, 4.69) is 0 Å². The number of rotatable bonds is 1. The van der Waals surface area contributed by atoms with Crippen molar-refractivity contribution in [2.75, 3.05) is 0 Å². The number of carbonyl (C=O) groups is 3. The van der Waals surface area contributed by atoms with Gasteiger partial charge < -0.3 is 10.2 Å². The van der Waals surface area contributed by atoms with Crippen molar-refractivity contribution in [3.63, 3.8) is 0 Å². The fourth-order valence-corrected chi connectivity index (χ4v) is 6.38. The molecule has 0 saturated heterocycles. The molecule has 5 nitrogen and oxygen atoms in total. The minimum atomic E-state index is -1.83. The number of hydrogen-bond acceptors (Lipinski definition) is 4. The van der Waals surface area contributed by atoms with Crippen LogP contribution in [0.2, 0.25) is 0 Å². The molecule has 0 spiro atoms. The molecule has 25 heavy (non-hydrogen) atoms. The lowest BCUT2D eigenvalue weighted by Crippen LogP contribution is -2.60. The minimum absolute atomic E-state index is 0.0145. The number of allylic oxidation sites excluding steroid dienone is 4. The zero-order valence-corrected chi connectivity index (χ0v) is 14.6. The predicted molar refractivity (Wildman–Crippen MR) is 89.6 cm³/mol. The van der Waals surface area contributed by atoms with Gasteiger partial charge in [0.1, 0.15) is 5.78 Å². The summed E-state index contributed by atoms with van der Waals surface area (Å²) >= 11 is 0. The van der Waals surface area contributed by atoms with Crippen molar-refractivity contribution in [1.29, 1.82) is 0 Å². The molecule has 3 fully saturated rings. The molecule has 3 saturated carbocycles. The lowest BCUT2D eigenvalue weighted by molar-refractivity contribution is -0.182. The first-order valence-corrected chi connectivity index (χ1v) is 9.06. The second-order valence-corrected chi connectivity index (χ2v) is 8.74. The van der Waals surface area contributed by atoms with Crippen LogP contribution in [-0.4, -0.2) is 33.3 Å². The van der Waals surface area contributed by atoms with Crippen molar-refractivity contribution in [2.45, 2.75) is 51.6 Å². The molecule has 6 atom stereocenters. The lowest BCUT2D eigenvalue weighted by atomic mass is 9.47. The summed E-state index contributed by atoms with van der Waals surface area (Å²) in [5, 5.41) is 20.4. The molecular formula is C20H24O5. The first kappa shape index (κ1) is 16.7. The predicted octanol–water partition coefficient (Wildman–Crippen LogP) is 2.29. The second kappa shape index (κ2) is 4.91. The number of aliphatic hydroxyl groups is 1. The smallest absolute Gasteiger partial charge is 0.336 e. The Morgan fingerprint density at radius 1 is 1.24 bits per heavy atom. The van der Waals surface area contributed by atoms with Gasteiger partial charge in [-0.2, -0.15) is 0 Å². The first-order chi connectivity index (χ1) is 11.6. The number of carbonyl (C=O) groups excluding carboxylic acids is 2. The molecule has 0 aromatic heterocycles. The van der Waals surface area contributed by atoms with Gasteiger partial charge in [-0.05, 0) is 49.7 Å². The van der Waals surface area contributed by atoms with E-state index in [-0.39, 0.29) is 42.2 Å². The maximum atomic E-state index is 13.2. The Morgan fingerprint density at radius 2 is 1.96 bits per heavy atom. The van der Waals surface area contributed by atoms with Gasteiger partial charge in [0.15, 0.2) is 11.4 Å². The van der Waals surface area contributed by atoms with E-state index in [1.54, 1.807) is 19.1 Å². The van der Waals surface area contributed by atoms with Crippen molar-refractivity contribution in [1.82, 2.24) is 0 Å². The quantitative estimate of drug-likeness (QED) is 0.761. The van der Waals surface area contributed by atoms with Gasteiger partial charge in [0.05, 0.1) is 0 Å². The van der Waals surface area contributed by atoms with E-state index in [9.17, 15) is 24.6 Å². The second-order valence-electron chi connectivity index (χ2n) is 8.74. The average molecular weight is 344 g/mol. The molecule has 134 valence electrons. The third-order valence-corrected chi connectivity index (χ3v) is 7.76. The number of hydrogen-bond donors (Lipinski definition) is 2. The topological polar surface area (TPSA) is 91.7 Å². The van der Waals surface area contributed by atoms with E-state index in [1.165, 1.54) is 0 Å². The van der Waals surface area contributed by atoms with Crippen LogP contribution in [0.5, 0.6) is 0 Å². The van der Waals surface area contributed by atoms with E-state index in [4.69, 9.17) is 0 Å². The SMILES string of the molecule is CC12C=CC(=O)C=C1CCC1C2C(=O)CC2(C)C1CCC2(O)C(=O)O. The number of carboxylic acids is 1. The molecule has 0 bridgehead atoms. The summed E-state index contributed by atoms with van der Waals surface area (Å²) in [5.41, 5.74) is -2.18. The van der Waals surface area contributed by atoms with Crippen LogP contribution in [0.3, 0.4) is 0 Å². The Labute approximate surface area is 146 Å². The molecule has 4 aliphatic rings. The summed E-state index contributed by atoms with van der Waals surface area (Å²) < 4.78 is 0. The molecular weight excluding hydrogens is 320 g/mol. The zero-order chi connectivity index (χ0) is 18.2. The maximum Gasteiger partial charge on any atom is 0.336 e. The molecule has 0 amide bonds. The largest absolute Gasteiger partial charge is 0.479 e. The van der Waals surface area contributed by atoms with Crippen molar-refractivity contribution in [3.8, 4) is 0 Å². The minimum Gasteiger partial charge on any atom is -0.479 e. The molecule has 4 rings (SSSR count). The Balaban J connectivity index is 1.78. The fraction of sp³-hybridized carbons (Fsp3) is 0.650. The molecule has 0 aromatic carbocycles. The maximum absolute atomic E-state index is 13.2. The van der Waals surface area contributed by atoms with Crippen LogP contribution in [0, 0.1) is 28.6 Å². The average Bonchev–Trinajstić information content (AvgIpc) is 2.80. The summed E-state index contributed by atoms with van der Waals surface area (Å²) in [7, 11) is 0. The highest BCUT2D eigenvalue weighted by molar-refractivity contribution is 6.01. The van der Waals surface area contributed by atoms with Gasteiger partial charge in [-0.15, -0.1) is 0 Å². The van der Waals surface area contributed by atoms with Crippen molar-refractivity contribution in [3.05, 3.63) is 23.8 Å². The standard InChI is InChI=1S/C20H24O5/c1-18-7-5-12(21)9-11(18)3-4-13-14-6-8-20(25,17(23)24)19(14,2)10-15(22)16(13)18/h5,7,9,13-14,16,25H,3-4,6,8,10H2,1-2H3,(H,23,24). The Hall–Kier alpha value is -1.75. The van der Waals surface area contributed by atoms with Gasteiger partial charge >= 0.3 is 5.97 Å². The number of fused-ring (bicyclic) bond motifs is 5. The van der Waals surface area contributed by atoms with Gasteiger partial charge in [0, 0.05) is 23.2 Å². The van der Waals surface area contributed by atoms with Gasteiger partial charge in [-0.3, -0.25) is 9.59 Å². The Kier molecular flexibility index (Phi) is 3.28. The number of Topliss-reactive ketones (excluding diaryl/α,β-unsaturated/α-hetero) is 1. The van der Waals surface area contributed by atoms with Gasteiger partial charge in [0.2, 0.25) is 0 Å². The van der Waals surface area contributed by atoms with E-state index < -0.39 is 22.4 Å². The van der Waals surface area contributed by atoms with Crippen molar-refractivity contribution >= 4 is 17.5 Å². The third-order valence-electron chi connectivity index (χ3n) is 7.76. The fourth-order valence-electron chi connectivity index (χ4n) is 6.38. The normalized spacial score (nSPS) is 48.4. The number of ketones is 2. The van der Waals surface area contributed by atoms with E-state index in [0.29, 0.717) is 6.42 Å². The molecule has 2 N–H and O–H groups in total. The van der Waals surface area contributed by atoms with Crippen LogP contribution in [0.4, 0.5) is 0 Å². The number of aliphatic carboxylic acids is 1. The highest BCUT2D eigenvalue weighted by atomic mass is 16.4. The molecule has 0 radical (unpaired) electrons. The van der Waals surface area contributed by atoms with Gasteiger partial charge in [-0.1, -0.05) is 25.5 Å².